The third-order valence-corrected chi connectivity index (χ3v) is 3.21. The van der Waals surface area contributed by atoms with Crippen molar-refractivity contribution in [2.45, 2.75) is 12.8 Å². The van der Waals surface area contributed by atoms with Crippen molar-refractivity contribution in [3.63, 3.8) is 0 Å². The molecule has 23 heavy (non-hydrogen) atoms. The molecule has 2 aromatic rings. The molecule has 0 saturated carbocycles. The van der Waals surface area contributed by atoms with Crippen molar-refractivity contribution in [3.8, 4) is 11.5 Å². The zero-order valence-corrected chi connectivity index (χ0v) is 13.1. The van der Waals surface area contributed by atoms with Gasteiger partial charge in [0.2, 0.25) is 5.91 Å². The number of nitrogens with two attached hydrogens (primary N) is 1. The molecule has 122 valence electrons. The first kappa shape index (κ1) is 17.0. The lowest BCUT2D eigenvalue weighted by molar-refractivity contribution is -0.115. The SMILES string of the molecule is NCCCCNCC(=O)Nc1ccc(Oc2ccccc2)cc1. The van der Waals surface area contributed by atoms with E-state index in [1.54, 1.807) is 0 Å². The zero-order valence-electron chi connectivity index (χ0n) is 13.1. The maximum absolute atomic E-state index is 11.8. The molecule has 5 heteroatoms. The Kier molecular flexibility index (Phi) is 7.10. The van der Waals surface area contributed by atoms with Crippen LogP contribution in [0.25, 0.3) is 0 Å². The van der Waals surface area contributed by atoms with Crippen LogP contribution in [-0.2, 0) is 4.79 Å². The van der Waals surface area contributed by atoms with Gasteiger partial charge in [0.05, 0.1) is 6.54 Å². The smallest absolute Gasteiger partial charge is 0.238 e. The second-order valence-electron chi connectivity index (χ2n) is 5.16. The van der Waals surface area contributed by atoms with Gasteiger partial charge in [-0.2, -0.15) is 0 Å². The maximum atomic E-state index is 11.8. The van der Waals surface area contributed by atoms with Gasteiger partial charge in [0.15, 0.2) is 0 Å². The van der Waals surface area contributed by atoms with E-state index in [0.29, 0.717) is 13.1 Å². The van der Waals surface area contributed by atoms with Gasteiger partial charge in [-0.1, -0.05) is 18.2 Å². The second-order valence-corrected chi connectivity index (χ2v) is 5.16. The van der Waals surface area contributed by atoms with E-state index in [1.807, 2.05) is 54.6 Å². The monoisotopic (exact) mass is 313 g/mol. The molecule has 5 nitrogen and oxygen atoms in total. The Morgan fingerprint density at radius 3 is 2.35 bits per heavy atom. The lowest BCUT2D eigenvalue weighted by Crippen LogP contribution is -2.28. The first-order valence-corrected chi connectivity index (χ1v) is 7.81. The molecule has 0 bridgehead atoms. The van der Waals surface area contributed by atoms with Gasteiger partial charge >= 0.3 is 0 Å². The Bertz CT molecular complexity index is 585. The standard InChI is InChI=1S/C18H23N3O2/c19-12-4-5-13-20-14-18(22)21-15-8-10-17(11-9-15)23-16-6-2-1-3-7-16/h1-3,6-11,20H,4-5,12-14,19H2,(H,21,22). The van der Waals surface area contributed by atoms with Crippen LogP contribution >= 0.6 is 0 Å². The number of carbonyl (C=O) groups excluding carboxylic acids is 1. The van der Waals surface area contributed by atoms with E-state index in [4.69, 9.17) is 10.5 Å². The van der Waals surface area contributed by atoms with Gasteiger partial charge < -0.3 is 21.1 Å². The highest BCUT2D eigenvalue weighted by atomic mass is 16.5. The summed E-state index contributed by atoms with van der Waals surface area (Å²) in [7, 11) is 0. The van der Waals surface area contributed by atoms with Crippen molar-refractivity contribution in [3.05, 3.63) is 54.6 Å². The first-order valence-electron chi connectivity index (χ1n) is 7.81. The fourth-order valence-electron chi connectivity index (χ4n) is 2.03. The number of hydrogen-bond acceptors (Lipinski definition) is 4. The van der Waals surface area contributed by atoms with Crippen molar-refractivity contribution >= 4 is 11.6 Å². The minimum atomic E-state index is -0.0607. The number of nitrogens with one attached hydrogen (secondary N) is 2. The number of unbranched alkanes of at least 4 members (excludes halogenated alkanes) is 1. The largest absolute Gasteiger partial charge is 0.457 e. The molecule has 0 spiro atoms. The highest BCUT2D eigenvalue weighted by Crippen LogP contribution is 2.22. The first-order chi connectivity index (χ1) is 11.3. The van der Waals surface area contributed by atoms with Crippen molar-refractivity contribution in [1.29, 1.82) is 0 Å². The number of para-hydroxylation sites is 1. The van der Waals surface area contributed by atoms with Gasteiger partial charge in [-0.15, -0.1) is 0 Å². The maximum Gasteiger partial charge on any atom is 0.238 e. The molecule has 2 rings (SSSR count). The Labute approximate surface area is 136 Å². The summed E-state index contributed by atoms with van der Waals surface area (Å²) >= 11 is 0. The molecule has 0 radical (unpaired) electrons. The van der Waals surface area contributed by atoms with E-state index in [0.717, 1.165) is 36.6 Å². The van der Waals surface area contributed by atoms with Gasteiger partial charge in [0.1, 0.15) is 11.5 Å². The molecule has 4 N–H and O–H groups in total. The van der Waals surface area contributed by atoms with Gasteiger partial charge in [-0.25, -0.2) is 0 Å². The van der Waals surface area contributed by atoms with Gasteiger partial charge in [-0.3, -0.25) is 4.79 Å². The van der Waals surface area contributed by atoms with Crippen LogP contribution in [0.1, 0.15) is 12.8 Å². The third-order valence-electron chi connectivity index (χ3n) is 3.21. The molecule has 2 aromatic carbocycles. The summed E-state index contributed by atoms with van der Waals surface area (Å²) in [5, 5.41) is 5.93. The quantitative estimate of drug-likeness (QED) is 0.622. The zero-order chi connectivity index (χ0) is 16.3. The summed E-state index contributed by atoms with van der Waals surface area (Å²) in [6, 6.07) is 16.9. The lowest BCUT2D eigenvalue weighted by Gasteiger charge is -2.08. The summed E-state index contributed by atoms with van der Waals surface area (Å²) in [4.78, 5) is 11.8. The van der Waals surface area contributed by atoms with Crippen molar-refractivity contribution in [2.24, 2.45) is 5.73 Å². The summed E-state index contributed by atoms with van der Waals surface area (Å²) < 4.78 is 5.71. The highest BCUT2D eigenvalue weighted by molar-refractivity contribution is 5.92. The van der Waals surface area contributed by atoms with Crippen LogP contribution in [-0.4, -0.2) is 25.5 Å². The van der Waals surface area contributed by atoms with E-state index in [2.05, 4.69) is 10.6 Å². The Balaban J connectivity index is 1.75. The predicted octanol–water partition coefficient (Wildman–Crippen LogP) is 2.75. The van der Waals surface area contributed by atoms with E-state index in [9.17, 15) is 4.79 Å². The second kappa shape index (κ2) is 9.61. The average Bonchev–Trinajstić information content (AvgIpc) is 2.57. The van der Waals surface area contributed by atoms with Crippen LogP contribution < -0.4 is 21.1 Å². The van der Waals surface area contributed by atoms with Crippen LogP contribution in [0, 0.1) is 0 Å². The van der Waals surface area contributed by atoms with Crippen molar-refractivity contribution in [1.82, 2.24) is 5.32 Å². The molecule has 0 aliphatic heterocycles. The summed E-state index contributed by atoms with van der Waals surface area (Å²) in [5.41, 5.74) is 6.17. The molecule has 0 saturated heterocycles. The number of hydrogen-bond donors (Lipinski definition) is 3. The number of amides is 1. The van der Waals surface area contributed by atoms with Crippen molar-refractivity contribution < 1.29 is 9.53 Å². The minimum absolute atomic E-state index is 0.0607. The molecule has 0 heterocycles. The van der Waals surface area contributed by atoms with Crippen LogP contribution in [0.15, 0.2) is 54.6 Å². The number of rotatable bonds is 9. The van der Waals surface area contributed by atoms with Gasteiger partial charge in [-0.05, 0) is 62.3 Å². The Morgan fingerprint density at radius 2 is 1.65 bits per heavy atom. The molecule has 0 aromatic heterocycles. The fourth-order valence-corrected chi connectivity index (χ4v) is 2.03. The normalized spacial score (nSPS) is 10.3. The van der Waals surface area contributed by atoms with E-state index < -0.39 is 0 Å². The molecule has 0 aliphatic rings. The van der Waals surface area contributed by atoms with E-state index in [-0.39, 0.29) is 5.91 Å². The average molecular weight is 313 g/mol. The van der Waals surface area contributed by atoms with E-state index >= 15 is 0 Å². The molecular formula is C18H23N3O2. The van der Waals surface area contributed by atoms with Crippen LogP contribution in [0.3, 0.4) is 0 Å². The summed E-state index contributed by atoms with van der Waals surface area (Å²) in [6.07, 6.45) is 1.95. The van der Waals surface area contributed by atoms with E-state index in [1.165, 1.54) is 0 Å². The Hall–Kier alpha value is -2.37. The highest BCUT2D eigenvalue weighted by Gasteiger charge is 2.02. The number of anilines is 1. The van der Waals surface area contributed by atoms with Crippen molar-refractivity contribution in [2.75, 3.05) is 25.0 Å². The number of benzene rings is 2. The number of carbonyl (C=O) groups is 1. The number of ether oxygens (including phenoxy) is 1. The molecular weight excluding hydrogens is 290 g/mol. The van der Waals surface area contributed by atoms with Crippen LogP contribution in [0.2, 0.25) is 0 Å². The van der Waals surface area contributed by atoms with Crippen LogP contribution in [0.4, 0.5) is 5.69 Å². The molecule has 0 unspecified atom stereocenters. The van der Waals surface area contributed by atoms with Crippen LogP contribution in [0.5, 0.6) is 11.5 Å². The van der Waals surface area contributed by atoms with Gasteiger partial charge in [0.25, 0.3) is 0 Å². The minimum Gasteiger partial charge on any atom is -0.457 e. The lowest BCUT2D eigenvalue weighted by atomic mass is 10.3. The third kappa shape index (κ3) is 6.50. The summed E-state index contributed by atoms with van der Waals surface area (Å²) in [6.45, 7) is 1.78. The van der Waals surface area contributed by atoms with Gasteiger partial charge in [0, 0.05) is 5.69 Å². The topological polar surface area (TPSA) is 76.4 Å². The fraction of sp³-hybridized carbons (Fsp3) is 0.278. The molecule has 0 aliphatic carbocycles. The Morgan fingerprint density at radius 1 is 0.957 bits per heavy atom. The molecule has 0 fully saturated rings. The predicted molar refractivity (Wildman–Crippen MR) is 92.7 cm³/mol. The molecule has 1 amide bonds. The molecule has 0 atom stereocenters. The summed E-state index contributed by atoms with van der Waals surface area (Å²) in [5.74, 6) is 1.45.